The van der Waals surface area contributed by atoms with Crippen LogP contribution in [0.1, 0.15) is 0 Å². The van der Waals surface area contributed by atoms with Gasteiger partial charge in [-0.2, -0.15) is 0 Å². The first kappa shape index (κ1) is 10.8. The number of fused-ring (bicyclic) bond motifs is 1. The summed E-state index contributed by atoms with van der Waals surface area (Å²) in [6, 6.07) is 8.27. The van der Waals surface area contributed by atoms with Crippen molar-refractivity contribution >= 4 is 11.0 Å². The van der Waals surface area contributed by atoms with E-state index in [0.29, 0.717) is 23.2 Å². The molecule has 0 radical (unpaired) electrons. The first-order valence-electron chi connectivity index (χ1n) is 5.25. The Morgan fingerprint density at radius 2 is 1.61 bits per heavy atom. The molecular formula is C13H7F3N2. The summed E-state index contributed by atoms with van der Waals surface area (Å²) in [6.45, 7) is 0. The van der Waals surface area contributed by atoms with Gasteiger partial charge in [0, 0.05) is 12.1 Å². The van der Waals surface area contributed by atoms with E-state index < -0.39 is 17.5 Å². The van der Waals surface area contributed by atoms with Crippen LogP contribution in [-0.4, -0.2) is 9.97 Å². The Bertz CT molecular complexity index is 678. The van der Waals surface area contributed by atoms with Crippen LogP contribution in [0, 0.1) is 17.5 Å². The fraction of sp³-hybridized carbons (Fsp3) is 0. The van der Waals surface area contributed by atoms with Crippen molar-refractivity contribution in [3.63, 3.8) is 0 Å². The number of halogens is 3. The Kier molecular flexibility index (Phi) is 2.33. The lowest BCUT2D eigenvalue weighted by molar-refractivity contribution is 0.547. The van der Waals surface area contributed by atoms with Crippen molar-refractivity contribution in [1.29, 1.82) is 0 Å². The first-order valence-corrected chi connectivity index (χ1v) is 5.25. The number of para-hydroxylation sites is 2. The lowest BCUT2D eigenvalue weighted by Crippen LogP contribution is -1.93. The van der Waals surface area contributed by atoms with Gasteiger partial charge in [-0.1, -0.05) is 12.1 Å². The molecule has 0 saturated carbocycles. The Balaban J connectivity index is 2.26. The van der Waals surface area contributed by atoms with Crippen LogP contribution in [0.5, 0.6) is 0 Å². The summed E-state index contributed by atoms with van der Waals surface area (Å²) in [5.41, 5.74) is 0.902. The fourth-order valence-corrected chi connectivity index (χ4v) is 1.84. The van der Waals surface area contributed by atoms with Crippen LogP contribution in [0.2, 0.25) is 0 Å². The molecule has 1 aromatic heterocycles. The van der Waals surface area contributed by atoms with E-state index in [1.807, 2.05) is 0 Å². The molecule has 2 aromatic carbocycles. The van der Waals surface area contributed by atoms with Crippen molar-refractivity contribution in [1.82, 2.24) is 9.97 Å². The molecule has 0 saturated heterocycles. The van der Waals surface area contributed by atoms with Gasteiger partial charge in [-0.15, -0.1) is 0 Å². The van der Waals surface area contributed by atoms with E-state index in [1.54, 1.807) is 24.3 Å². The molecule has 3 rings (SSSR count). The molecule has 0 spiro atoms. The van der Waals surface area contributed by atoms with Gasteiger partial charge in [0.25, 0.3) is 0 Å². The van der Waals surface area contributed by atoms with Crippen molar-refractivity contribution < 1.29 is 13.2 Å². The zero-order valence-corrected chi connectivity index (χ0v) is 9.05. The van der Waals surface area contributed by atoms with Crippen molar-refractivity contribution in [3.8, 4) is 11.4 Å². The number of hydrogen-bond donors (Lipinski definition) is 1. The molecule has 5 heteroatoms. The number of aromatic amines is 1. The Labute approximate surface area is 100 Å². The van der Waals surface area contributed by atoms with Gasteiger partial charge in [-0.3, -0.25) is 0 Å². The monoisotopic (exact) mass is 248 g/mol. The van der Waals surface area contributed by atoms with Crippen LogP contribution >= 0.6 is 0 Å². The van der Waals surface area contributed by atoms with Crippen LogP contribution in [0.3, 0.4) is 0 Å². The van der Waals surface area contributed by atoms with Crippen LogP contribution in [-0.2, 0) is 0 Å². The highest BCUT2D eigenvalue weighted by molar-refractivity contribution is 5.79. The molecule has 0 aliphatic carbocycles. The van der Waals surface area contributed by atoms with Crippen molar-refractivity contribution in [2.45, 2.75) is 0 Å². The van der Waals surface area contributed by atoms with E-state index >= 15 is 0 Å². The second-order valence-electron chi connectivity index (χ2n) is 3.85. The quantitative estimate of drug-likeness (QED) is 0.699. The topological polar surface area (TPSA) is 28.7 Å². The molecule has 18 heavy (non-hydrogen) atoms. The summed E-state index contributed by atoms with van der Waals surface area (Å²) in [4.78, 5) is 6.88. The second kappa shape index (κ2) is 3.87. The molecule has 0 unspecified atom stereocenters. The summed E-state index contributed by atoms with van der Waals surface area (Å²) < 4.78 is 40.0. The normalized spacial score (nSPS) is 11.1. The Morgan fingerprint density at radius 1 is 0.944 bits per heavy atom. The van der Waals surface area contributed by atoms with E-state index in [9.17, 15) is 13.2 Å². The minimum absolute atomic E-state index is 0.0474. The average molecular weight is 248 g/mol. The van der Waals surface area contributed by atoms with Gasteiger partial charge >= 0.3 is 0 Å². The molecule has 2 nitrogen and oxygen atoms in total. The van der Waals surface area contributed by atoms with Crippen LogP contribution < -0.4 is 0 Å². The summed E-state index contributed by atoms with van der Waals surface area (Å²) in [5, 5.41) is 0. The molecule has 0 aliphatic rings. The maximum Gasteiger partial charge on any atom is 0.144 e. The van der Waals surface area contributed by atoms with E-state index in [1.165, 1.54) is 0 Å². The number of H-pyrrole nitrogens is 1. The fourth-order valence-electron chi connectivity index (χ4n) is 1.84. The predicted octanol–water partition coefficient (Wildman–Crippen LogP) is 3.65. The van der Waals surface area contributed by atoms with Crippen LogP contribution in [0.4, 0.5) is 13.2 Å². The SMILES string of the molecule is Fc1cc(F)c(-c2nc3ccccc3[nH]2)c(F)c1. The van der Waals surface area contributed by atoms with E-state index in [-0.39, 0.29) is 11.4 Å². The van der Waals surface area contributed by atoms with Gasteiger partial charge in [0.2, 0.25) is 0 Å². The highest BCUT2D eigenvalue weighted by atomic mass is 19.1. The summed E-state index contributed by atoms with van der Waals surface area (Å²) >= 11 is 0. The predicted molar refractivity (Wildman–Crippen MR) is 61.4 cm³/mol. The lowest BCUT2D eigenvalue weighted by Gasteiger charge is -2.01. The number of nitrogens with one attached hydrogen (secondary N) is 1. The third kappa shape index (κ3) is 1.64. The maximum absolute atomic E-state index is 13.6. The Morgan fingerprint density at radius 3 is 2.28 bits per heavy atom. The van der Waals surface area contributed by atoms with Gasteiger partial charge in [0.15, 0.2) is 0 Å². The maximum atomic E-state index is 13.6. The number of rotatable bonds is 1. The molecule has 0 fully saturated rings. The van der Waals surface area contributed by atoms with Gasteiger partial charge < -0.3 is 4.98 Å². The van der Waals surface area contributed by atoms with Crippen molar-refractivity contribution in [2.24, 2.45) is 0 Å². The molecule has 90 valence electrons. The van der Waals surface area contributed by atoms with Crippen molar-refractivity contribution in [3.05, 3.63) is 53.8 Å². The highest BCUT2D eigenvalue weighted by Crippen LogP contribution is 2.26. The van der Waals surface area contributed by atoms with Gasteiger partial charge in [-0.05, 0) is 12.1 Å². The van der Waals surface area contributed by atoms with E-state index in [4.69, 9.17) is 0 Å². The molecule has 0 amide bonds. The zero-order chi connectivity index (χ0) is 12.7. The number of imidazole rings is 1. The molecule has 0 aliphatic heterocycles. The number of benzene rings is 2. The molecule has 0 atom stereocenters. The van der Waals surface area contributed by atoms with Crippen LogP contribution in [0.15, 0.2) is 36.4 Å². The number of aromatic nitrogens is 2. The summed E-state index contributed by atoms with van der Waals surface area (Å²) in [6.07, 6.45) is 0. The van der Waals surface area contributed by atoms with Crippen molar-refractivity contribution in [2.75, 3.05) is 0 Å². The molecular weight excluding hydrogens is 241 g/mol. The second-order valence-corrected chi connectivity index (χ2v) is 3.85. The summed E-state index contributed by atoms with van der Waals surface area (Å²) in [7, 11) is 0. The lowest BCUT2D eigenvalue weighted by atomic mass is 10.2. The minimum atomic E-state index is -0.980. The molecule has 3 aromatic rings. The number of hydrogen-bond acceptors (Lipinski definition) is 1. The van der Waals surface area contributed by atoms with E-state index in [2.05, 4.69) is 9.97 Å². The standard InChI is InChI=1S/C13H7F3N2/c14-7-5-8(15)12(9(16)6-7)13-17-10-3-1-2-4-11(10)18-13/h1-6H,(H,17,18). The third-order valence-corrected chi connectivity index (χ3v) is 2.63. The molecule has 0 bridgehead atoms. The highest BCUT2D eigenvalue weighted by Gasteiger charge is 2.16. The minimum Gasteiger partial charge on any atom is -0.338 e. The molecule has 1 heterocycles. The van der Waals surface area contributed by atoms with Crippen LogP contribution in [0.25, 0.3) is 22.4 Å². The van der Waals surface area contributed by atoms with Gasteiger partial charge in [0.05, 0.1) is 16.6 Å². The first-order chi connectivity index (χ1) is 8.65. The summed E-state index contributed by atoms with van der Waals surface area (Å²) in [5.74, 6) is -2.87. The van der Waals surface area contributed by atoms with Gasteiger partial charge in [0.1, 0.15) is 23.3 Å². The average Bonchev–Trinajstić information content (AvgIpc) is 2.70. The zero-order valence-electron chi connectivity index (χ0n) is 9.05. The third-order valence-electron chi connectivity index (χ3n) is 2.63. The van der Waals surface area contributed by atoms with Gasteiger partial charge in [-0.25, -0.2) is 18.2 Å². The Hall–Kier alpha value is -2.30. The largest absolute Gasteiger partial charge is 0.338 e. The number of nitrogens with zero attached hydrogens (tertiary/aromatic N) is 1. The molecule has 1 N–H and O–H groups in total. The van der Waals surface area contributed by atoms with E-state index in [0.717, 1.165) is 0 Å². The smallest absolute Gasteiger partial charge is 0.144 e.